The number of benzene rings is 1. The van der Waals surface area contributed by atoms with Crippen LogP contribution in [0.25, 0.3) is 5.82 Å². The predicted molar refractivity (Wildman–Crippen MR) is 149 cm³/mol. The molecule has 1 unspecified atom stereocenters. The van der Waals surface area contributed by atoms with Gasteiger partial charge in [0.15, 0.2) is 5.82 Å². The van der Waals surface area contributed by atoms with Crippen LogP contribution in [0.1, 0.15) is 34.2 Å². The van der Waals surface area contributed by atoms with E-state index in [9.17, 15) is 9.59 Å². The number of carbonyl (C=O) groups excluding carboxylic acids is 2. The van der Waals surface area contributed by atoms with Crippen molar-refractivity contribution in [3.8, 4) is 11.7 Å². The molecule has 13 heteroatoms. The fourth-order valence-electron chi connectivity index (χ4n) is 3.51. The first kappa shape index (κ1) is 27.7. The Morgan fingerprint density at radius 3 is 2.70 bits per heavy atom. The summed E-state index contributed by atoms with van der Waals surface area (Å²) in [5, 5.41) is 10.8. The van der Waals surface area contributed by atoms with Gasteiger partial charge in [-0.25, -0.2) is 9.67 Å². The lowest BCUT2D eigenvalue weighted by atomic mass is 10.1. The van der Waals surface area contributed by atoms with Crippen molar-refractivity contribution >= 4 is 68.4 Å². The highest BCUT2D eigenvalue weighted by molar-refractivity contribution is 9.10. The van der Waals surface area contributed by atoms with Gasteiger partial charge in [-0.05, 0) is 46.6 Å². The summed E-state index contributed by atoms with van der Waals surface area (Å²) in [6.07, 6.45) is 2.23. The van der Waals surface area contributed by atoms with Gasteiger partial charge in [-0.1, -0.05) is 30.1 Å². The number of pyridine rings is 1. The number of ether oxygens (including phenoxy) is 2. The molecule has 3 heterocycles. The lowest BCUT2D eigenvalue weighted by Gasteiger charge is -2.24. The summed E-state index contributed by atoms with van der Waals surface area (Å²) < 4.78 is 12.8. The minimum atomic E-state index is -0.548. The van der Waals surface area contributed by atoms with E-state index < -0.39 is 11.8 Å². The van der Waals surface area contributed by atoms with Gasteiger partial charge in [0.1, 0.15) is 11.8 Å². The maximum atomic E-state index is 13.6. The van der Waals surface area contributed by atoms with Crippen molar-refractivity contribution in [2.45, 2.75) is 25.5 Å². The SMILES string of the molecule is CCC(COC)NC(=O)c1cc(Cl)cc(Br)c1NC(=O)c1cc(OC2CSC2)nn1-c1ncccc1Cl. The molecule has 0 spiro atoms. The second-order valence-corrected chi connectivity index (χ2v) is 10.9. The standard InChI is InChI=1S/C24H24BrCl2N5O4S/c1-3-14(10-35-2)29-23(33)16-7-13(26)8-17(25)21(16)30-24(34)19-9-20(36-15-11-37-12-15)31-32(19)22-18(27)5-4-6-28-22/h4-9,14-15H,3,10-12H2,1-2H3,(H,29,33)(H,30,34). The molecule has 2 amide bonds. The maximum Gasteiger partial charge on any atom is 0.274 e. The molecule has 3 aromatic rings. The van der Waals surface area contributed by atoms with Gasteiger partial charge in [0.05, 0.1) is 28.9 Å². The highest BCUT2D eigenvalue weighted by Gasteiger charge is 2.27. The molecule has 0 saturated carbocycles. The Balaban J connectivity index is 1.68. The monoisotopic (exact) mass is 627 g/mol. The molecule has 1 saturated heterocycles. The molecule has 1 fully saturated rings. The number of amides is 2. The molecule has 4 rings (SSSR count). The third kappa shape index (κ3) is 6.58. The molecule has 0 radical (unpaired) electrons. The smallest absolute Gasteiger partial charge is 0.274 e. The normalized spacial score (nSPS) is 14.1. The number of hydrogen-bond donors (Lipinski definition) is 2. The van der Waals surface area contributed by atoms with E-state index in [1.807, 2.05) is 6.92 Å². The van der Waals surface area contributed by atoms with E-state index >= 15 is 0 Å². The summed E-state index contributed by atoms with van der Waals surface area (Å²) in [4.78, 5) is 31.0. The number of nitrogens with zero attached hydrogens (tertiary/aromatic N) is 3. The van der Waals surface area contributed by atoms with Gasteiger partial charge in [0.2, 0.25) is 5.88 Å². The minimum absolute atomic E-state index is 0.0165. The largest absolute Gasteiger partial charge is 0.472 e. The van der Waals surface area contributed by atoms with Crippen molar-refractivity contribution in [1.29, 1.82) is 0 Å². The van der Waals surface area contributed by atoms with Crippen LogP contribution in [-0.4, -0.2) is 63.9 Å². The molecule has 196 valence electrons. The average molecular weight is 629 g/mol. The number of nitrogens with one attached hydrogen (secondary N) is 2. The third-order valence-corrected chi connectivity index (χ3v) is 7.84. The van der Waals surface area contributed by atoms with Gasteiger partial charge < -0.3 is 20.1 Å². The number of thioether (sulfide) groups is 1. The molecule has 1 atom stereocenters. The van der Waals surface area contributed by atoms with Crippen molar-refractivity contribution < 1.29 is 19.1 Å². The molecular weight excluding hydrogens is 605 g/mol. The summed E-state index contributed by atoms with van der Waals surface area (Å²) in [5.74, 6) is 1.28. The van der Waals surface area contributed by atoms with Crippen LogP contribution in [0.15, 0.2) is 41.0 Å². The fraction of sp³-hybridized carbons (Fsp3) is 0.333. The lowest BCUT2D eigenvalue weighted by Crippen LogP contribution is -2.38. The van der Waals surface area contributed by atoms with Crippen LogP contribution in [0.4, 0.5) is 5.69 Å². The van der Waals surface area contributed by atoms with Crippen LogP contribution in [-0.2, 0) is 4.74 Å². The molecule has 1 aliphatic rings. The topological polar surface area (TPSA) is 107 Å². The first-order valence-corrected chi connectivity index (χ1v) is 14.1. The van der Waals surface area contributed by atoms with Gasteiger partial charge in [-0.3, -0.25) is 9.59 Å². The number of methoxy groups -OCH3 is 1. The van der Waals surface area contributed by atoms with E-state index in [4.69, 9.17) is 32.7 Å². The summed E-state index contributed by atoms with van der Waals surface area (Å²) >= 11 is 17.8. The van der Waals surface area contributed by atoms with Gasteiger partial charge in [0, 0.05) is 40.4 Å². The quantitative estimate of drug-likeness (QED) is 0.316. The first-order valence-electron chi connectivity index (χ1n) is 11.4. The summed E-state index contributed by atoms with van der Waals surface area (Å²) in [5.41, 5.74) is 0.561. The number of halogens is 3. The van der Waals surface area contributed by atoms with Crippen LogP contribution in [0, 0.1) is 0 Å². The molecule has 0 bridgehead atoms. The van der Waals surface area contributed by atoms with Crippen molar-refractivity contribution in [2.24, 2.45) is 0 Å². The first-order chi connectivity index (χ1) is 17.8. The molecule has 0 aliphatic carbocycles. The van der Waals surface area contributed by atoms with E-state index in [0.29, 0.717) is 27.5 Å². The minimum Gasteiger partial charge on any atom is -0.472 e. The Morgan fingerprint density at radius 2 is 2.05 bits per heavy atom. The molecule has 2 N–H and O–H groups in total. The summed E-state index contributed by atoms with van der Waals surface area (Å²) in [7, 11) is 1.56. The number of anilines is 1. The Morgan fingerprint density at radius 1 is 1.27 bits per heavy atom. The average Bonchev–Trinajstić information content (AvgIpc) is 3.26. The highest BCUT2D eigenvalue weighted by atomic mass is 79.9. The second-order valence-electron chi connectivity index (χ2n) is 8.16. The molecule has 1 aliphatic heterocycles. The van der Waals surface area contributed by atoms with Gasteiger partial charge in [-0.2, -0.15) is 11.8 Å². The Kier molecular flexibility index (Phi) is 9.36. The number of hydrogen-bond acceptors (Lipinski definition) is 7. The van der Waals surface area contributed by atoms with Crippen LogP contribution in [0.5, 0.6) is 5.88 Å². The Hall–Kier alpha value is -2.31. The summed E-state index contributed by atoms with van der Waals surface area (Å²) in [6.45, 7) is 2.28. The van der Waals surface area contributed by atoms with E-state index in [0.717, 1.165) is 11.5 Å². The van der Waals surface area contributed by atoms with Crippen molar-refractivity contribution in [1.82, 2.24) is 20.1 Å². The number of carbonyl (C=O) groups is 2. The summed E-state index contributed by atoms with van der Waals surface area (Å²) in [6, 6.07) is 7.73. The number of rotatable bonds is 10. The maximum absolute atomic E-state index is 13.6. The van der Waals surface area contributed by atoms with Gasteiger partial charge >= 0.3 is 0 Å². The van der Waals surface area contributed by atoms with Gasteiger partial charge in [-0.15, -0.1) is 5.10 Å². The van der Waals surface area contributed by atoms with E-state index in [1.165, 1.54) is 16.8 Å². The molecule has 9 nitrogen and oxygen atoms in total. The van der Waals surface area contributed by atoms with Crippen molar-refractivity contribution in [3.63, 3.8) is 0 Å². The van der Waals surface area contributed by atoms with Crippen LogP contribution >= 0.6 is 50.9 Å². The zero-order valence-electron chi connectivity index (χ0n) is 20.0. The zero-order valence-corrected chi connectivity index (χ0v) is 23.9. The van der Waals surface area contributed by atoms with Crippen LogP contribution in [0.3, 0.4) is 0 Å². The Labute approximate surface area is 236 Å². The second kappa shape index (κ2) is 12.5. The van der Waals surface area contributed by atoms with Crippen LogP contribution in [0.2, 0.25) is 10.0 Å². The molecule has 37 heavy (non-hydrogen) atoms. The molecule has 2 aromatic heterocycles. The van der Waals surface area contributed by atoms with Gasteiger partial charge in [0.25, 0.3) is 11.8 Å². The molecular formula is C24H24BrCl2N5O4S. The van der Waals surface area contributed by atoms with Crippen LogP contribution < -0.4 is 15.4 Å². The predicted octanol–water partition coefficient (Wildman–Crippen LogP) is 5.24. The highest BCUT2D eigenvalue weighted by Crippen LogP contribution is 2.32. The molecule has 1 aromatic carbocycles. The van der Waals surface area contributed by atoms with E-state index in [-0.39, 0.29) is 40.8 Å². The lowest BCUT2D eigenvalue weighted by molar-refractivity contribution is 0.0895. The van der Waals surface area contributed by atoms with Crippen molar-refractivity contribution in [2.75, 3.05) is 30.5 Å². The Bertz CT molecular complexity index is 1300. The third-order valence-electron chi connectivity index (χ3n) is 5.49. The van der Waals surface area contributed by atoms with E-state index in [2.05, 4.69) is 36.6 Å². The van der Waals surface area contributed by atoms with E-state index in [1.54, 1.807) is 43.3 Å². The fourth-order valence-corrected chi connectivity index (χ4v) is 5.18. The number of aromatic nitrogens is 3. The van der Waals surface area contributed by atoms with Crippen molar-refractivity contribution in [3.05, 3.63) is 62.3 Å². The zero-order chi connectivity index (χ0) is 26.5.